The van der Waals surface area contributed by atoms with Crippen molar-refractivity contribution in [3.63, 3.8) is 0 Å². The first-order valence-corrected chi connectivity index (χ1v) is 5.61. The molecule has 0 aromatic carbocycles. The minimum absolute atomic E-state index is 0.00305. The van der Waals surface area contributed by atoms with Gasteiger partial charge in [-0.3, -0.25) is 5.21 Å². The second kappa shape index (κ2) is 7.55. The highest BCUT2D eigenvalue weighted by atomic mass is 16.6. The molecule has 0 radical (unpaired) electrons. The second-order valence-electron chi connectivity index (χ2n) is 3.93. The van der Waals surface area contributed by atoms with E-state index in [1.165, 1.54) is 5.48 Å². The standard InChI is InChI=1S/C9H18N2O8/c12-3-4-5(13)7(6(14)8(15)19-4)18-2-1-10-9(16)11-17/h4-8,12-15,17H,1-3H2,(H2,10,11,16). The largest absolute Gasteiger partial charge is 0.394 e. The van der Waals surface area contributed by atoms with Gasteiger partial charge in [-0.15, -0.1) is 0 Å². The SMILES string of the molecule is O=C(NO)NCCOC1C(O)C(O)OC(CO)C1O. The number of nitrogens with one attached hydrogen (secondary N) is 2. The van der Waals surface area contributed by atoms with E-state index in [4.69, 9.17) is 19.8 Å². The van der Waals surface area contributed by atoms with Crippen molar-refractivity contribution in [2.24, 2.45) is 0 Å². The lowest BCUT2D eigenvalue weighted by Gasteiger charge is -2.39. The van der Waals surface area contributed by atoms with E-state index in [1.54, 1.807) is 0 Å². The van der Waals surface area contributed by atoms with Crippen LogP contribution in [0.1, 0.15) is 0 Å². The minimum atomic E-state index is -1.58. The summed E-state index contributed by atoms with van der Waals surface area (Å²) in [6, 6.07) is -0.829. The Kier molecular flexibility index (Phi) is 6.37. The molecular formula is C9H18N2O8. The first-order valence-electron chi connectivity index (χ1n) is 5.61. The molecule has 0 bridgehead atoms. The summed E-state index contributed by atoms with van der Waals surface area (Å²) in [6.07, 6.45) is -6.63. The van der Waals surface area contributed by atoms with Crippen LogP contribution in [0.5, 0.6) is 0 Å². The average molecular weight is 282 g/mol. The molecule has 1 aliphatic heterocycles. The number of carbonyl (C=O) groups excluding carboxylic acids is 1. The topological polar surface area (TPSA) is 161 Å². The molecule has 1 heterocycles. The maximum absolute atomic E-state index is 10.6. The van der Waals surface area contributed by atoms with E-state index in [0.717, 1.165) is 0 Å². The summed E-state index contributed by atoms with van der Waals surface area (Å²) in [5, 5.41) is 48.1. The van der Waals surface area contributed by atoms with Crippen molar-refractivity contribution < 1.29 is 39.9 Å². The van der Waals surface area contributed by atoms with Gasteiger partial charge in [0.1, 0.15) is 24.4 Å². The molecule has 1 fully saturated rings. The highest BCUT2D eigenvalue weighted by Gasteiger charge is 2.44. The van der Waals surface area contributed by atoms with Crippen LogP contribution in [0.3, 0.4) is 0 Å². The molecular weight excluding hydrogens is 264 g/mol. The number of aliphatic hydroxyl groups excluding tert-OH is 4. The number of hydrogen-bond acceptors (Lipinski definition) is 8. The van der Waals surface area contributed by atoms with E-state index in [9.17, 15) is 20.1 Å². The highest BCUT2D eigenvalue weighted by Crippen LogP contribution is 2.21. The van der Waals surface area contributed by atoms with E-state index in [1.807, 2.05) is 0 Å². The van der Waals surface area contributed by atoms with Crippen LogP contribution in [0.2, 0.25) is 0 Å². The number of rotatable bonds is 5. The van der Waals surface area contributed by atoms with E-state index < -0.39 is 43.3 Å². The Balaban J connectivity index is 2.42. The Morgan fingerprint density at radius 2 is 1.95 bits per heavy atom. The number of hydroxylamine groups is 1. The second-order valence-corrected chi connectivity index (χ2v) is 3.93. The van der Waals surface area contributed by atoms with Crippen molar-refractivity contribution >= 4 is 6.03 Å². The van der Waals surface area contributed by atoms with Crippen molar-refractivity contribution in [2.75, 3.05) is 19.8 Å². The fraction of sp³-hybridized carbons (Fsp3) is 0.889. The Bertz CT molecular complexity index is 291. The Labute approximate surface area is 108 Å². The first kappa shape index (κ1) is 16.0. The van der Waals surface area contributed by atoms with Gasteiger partial charge >= 0.3 is 6.03 Å². The van der Waals surface area contributed by atoms with Crippen molar-refractivity contribution in [3.8, 4) is 0 Å². The molecule has 0 aromatic rings. The fourth-order valence-electron chi connectivity index (χ4n) is 1.66. The van der Waals surface area contributed by atoms with Crippen LogP contribution in [0.4, 0.5) is 4.79 Å². The lowest BCUT2D eigenvalue weighted by atomic mass is 9.99. The summed E-state index contributed by atoms with van der Waals surface area (Å²) in [5.41, 5.74) is 1.35. The van der Waals surface area contributed by atoms with Crippen LogP contribution in [-0.4, -0.2) is 82.1 Å². The Morgan fingerprint density at radius 1 is 1.26 bits per heavy atom. The molecule has 10 nitrogen and oxygen atoms in total. The van der Waals surface area contributed by atoms with Crippen LogP contribution >= 0.6 is 0 Å². The van der Waals surface area contributed by atoms with Gasteiger partial charge in [0.2, 0.25) is 0 Å². The van der Waals surface area contributed by atoms with E-state index >= 15 is 0 Å². The van der Waals surface area contributed by atoms with Crippen LogP contribution in [0, 0.1) is 0 Å². The number of carbonyl (C=O) groups is 1. The third-order valence-corrected chi connectivity index (χ3v) is 2.64. The summed E-state index contributed by atoms with van der Waals surface area (Å²) < 4.78 is 9.89. The molecule has 1 aliphatic rings. The monoisotopic (exact) mass is 282 g/mol. The number of hydrogen-bond donors (Lipinski definition) is 7. The zero-order chi connectivity index (χ0) is 14.4. The van der Waals surface area contributed by atoms with E-state index in [0.29, 0.717) is 0 Å². The molecule has 19 heavy (non-hydrogen) atoms. The fourth-order valence-corrected chi connectivity index (χ4v) is 1.66. The zero-order valence-corrected chi connectivity index (χ0v) is 9.97. The van der Waals surface area contributed by atoms with Gasteiger partial charge in [0.05, 0.1) is 13.2 Å². The van der Waals surface area contributed by atoms with Crippen molar-refractivity contribution in [1.29, 1.82) is 0 Å². The molecule has 0 saturated carbocycles. The number of ether oxygens (including phenoxy) is 2. The molecule has 0 aromatic heterocycles. The molecule has 0 spiro atoms. The summed E-state index contributed by atoms with van der Waals surface area (Å²) in [6.45, 7) is -0.629. The summed E-state index contributed by atoms with van der Waals surface area (Å²) in [4.78, 5) is 10.6. The molecule has 1 saturated heterocycles. The maximum atomic E-state index is 10.6. The predicted octanol–water partition coefficient (Wildman–Crippen LogP) is -3.51. The van der Waals surface area contributed by atoms with Crippen molar-refractivity contribution in [1.82, 2.24) is 10.8 Å². The third kappa shape index (κ3) is 4.24. The molecule has 1 rings (SSSR count). The smallest absolute Gasteiger partial charge is 0.338 e. The summed E-state index contributed by atoms with van der Waals surface area (Å²) in [7, 11) is 0. The Hall–Kier alpha value is -1.01. The lowest BCUT2D eigenvalue weighted by molar-refractivity contribution is -0.294. The maximum Gasteiger partial charge on any atom is 0.338 e. The normalized spacial score (nSPS) is 34.9. The zero-order valence-electron chi connectivity index (χ0n) is 9.97. The summed E-state index contributed by atoms with van der Waals surface area (Å²) >= 11 is 0. The van der Waals surface area contributed by atoms with Gasteiger partial charge in [0.25, 0.3) is 0 Å². The molecule has 10 heteroatoms. The van der Waals surface area contributed by atoms with Gasteiger partial charge in [0.15, 0.2) is 6.29 Å². The van der Waals surface area contributed by atoms with Crippen LogP contribution in [0.15, 0.2) is 0 Å². The van der Waals surface area contributed by atoms with Gasteiger partial charge in [-0.25, -0.2) is 10.3 Å². The molecule has 112 valence electrons. The van der Waals surface area contributed by atoms with Crippen molar-refractivity contribution in [2.45, 2.75) is 30.7 Å². The van der Waals surface area contributed by atoms with Crippen LogP contribution in [0.25, 0.3) is 0 Å². The van der Waals surface area contributed by atoms with Gasteiger partial charge in [-0.1, -0.05) is 0 Å². The van der Waals surface area contributed by atoms with Crippen LogP contribution < -0.4 is 10.8 Å². The molecule has 5 unspecified atom stereocenters. The van der Waals surface area contributed by atoms with Gasteiger partial charge in [0, 0.05) is 6.54 Å². The van der Waals surface area contributed by atoms with Gasteiger partial charge < -0.3 is 35.2 Å². The number of urea groups is 1. The van der Waals surface area contributed by atoms with Crippen LogP contribution in [-0.2, 0) is 9.47 Å². The van der Waals surface area contributed by atoms with Gasteiger partial charge in [-0.05, 0) is 0 Å². The minimum Gasteiger partial charge on any atom is -0.394 e. The number of amides is 2. The van der Waals surface area contributed by atoms with Gasteiger partial charge in [-0.2, -0.15) is 0 Å². The molecule has 5 atom stereocenters. The highest BCUT2D eigenvalue weighted by molar-refractivity contribution is 5.72. The van der Waals surface area contributed by atoms with Crippen molar-refractivity contribution in [3.05, 3.63) is 0 Å². The Morgan fingerprint density at radius 3 is 2.53 bits per heavy atom. The third-order valence-electron chi connectivity index (χ3n) is 2.64. The lowest BCUT2D eigenvalue weighted by Crippen LogP contribution is -2.59. The predicted molar refractivity (Wildman–Crippen MR) is 58.0 cm³/mol. The summed E-state index contributed by atoms with van der Waals surface area (Å²) in [5.74, 6) is 0. The quantitative estimate of drug-likeness (QED) is 0.155. The number of aliphatic hydroxyl groups is 4. The first-order chi connectivity index (χ1) is 9.01. The molecule has 2 amide bonds. The van der Waals surface area contributed by atoms with E-state index in [2.05, 4.69) is 5.32 Å². The van der Waals surface area contributed by atoms with E-state index in [-0.39, 0.29) is 13.2 Å². The average Bonchev–Trinajstić information content (AvgIpc) is 2.41. The molecule has 7 N–H and O–H groups in total. The molecule has 0 aliphatic carbocycles.